The molecule has 0 aliphatic carbocycles. The van der Waals surface area contributed by atoms with E-state index >= 15 is 0 Å². The minimum atomic E-state index is -1.92. The molecule has 0 bridgehead atoms. The van der Waals surface area contributed by atoms with Crippen molar-refractivity contribution < 1.29 is 96.3 Å². The molecule has 4 saturated heterocycles. The normalized spacial score (nSPS) is 19.2. The highest BCUT2D eigenvalue weighted by atomic mass is 32.2. The third-order valence-corrected chi connectivity index (χ3v) is 18.0. The van der Waals surface area contributed by atoms with Crippen molar-refractivity contribution in [3.63, 3.8) is 0 Å². The van der Waals surface area contributed by atoms with Crippen LogP contribution in [0, 0.1) is 5.41 Å². The van der Waals surface area contributed by atoms with Crippen molar-refractivity contribution in [3.8, 4) is 0 Å². The zero-order valence-electron chi connectivity index (χ0n) is 56.3. The first-order valence-electron chi connectivity index (χ1n) is 33.4. The summed E-state index contributed by atoms with van der Waals surface area (Å²) in [6.07, 6.45) is 2.54. The molecule has 0 saturated carbocycles. The second kappa shape index (κ2) is 43.3. The molecule has 0 radical (unpaired) electrons. The number of unbranched alkanes of at least 4 members (excludes halogenated alkanes) is 1. The van der Waals surface area contributed by atoms with Crippen molar-refractivity contribution in [1.29, 1.82) is 5.41 Å². The van der Waals surface area contributed by atoms with Gasteiger partial charge in [0.25, 0.3) is 0 Å². The maximum Gasteiger partial charge on any atom is 0.315 e. The molecule has 11 atom stereocenters. The molecule has 0 aromatic heterocycles. The quantitative estimate of drug-likeness (QED) is 0.0125. The van der Waals surface area contributed by atoms with E-state index in [1.807, 2.05) is 11.8 Å². The number of fused-ring (bicyclic) bond motifs is 1. The molecule has 4 heterocycles. The van der Waals surface area contributed by atoms with Gasteiger partial charge in [0.2, 0.25) is 76.8 Å². The first kappa shape index (κ1) is 82.2. The van der Waals surface area contributed by atoms with Crippen molar-refractivity contribution >= 4 is 107 Å². The molecule has 0 unspecified atom stereocenters. The van der Waals surface area contributed by atoms with Crippen LogP contribution in [0.2, 0.25) is 0 Å². The number of hydrogen-bond acceptors (Lipinski definition) is 21. The fourth-order valence-corrected chi connectivity index (χ4v) is 13.1. The number of nitrogens with one attached hydrogen (secondary N) is 13. The number of rotatable bonds is 46. The molecule has 5 rings (SSSR count). The van der Waals surface area contributed by atoms with E-state index in [9.17, 15) is 82.1 Å². The second-order valence-electron chi connectivity index (χ2n) is 24.5. The lowest BCUT2D eigenvalue weighted by Gasteiger charge is -2.30. The number of aliphatic hydroxyl groups excluding tert-OH is 1. The Labute approximate surface area is 586 Å². The number of urea groups is 1. The van der Waals surface area contributed by atoms with E-state index < -0.39 is 165 Å². The van der Waals surface area contributed by atoms with Gasteiger partial charge in [-0.05, 0) is 63.9 Å². The number of carbonyl (C=O) groups excluding carboxylic acids is 14. The van der Waals surface area contributed by atoms with Gasteiger partial charge >= 0.3 is 12.0 Å². The number of benzene rings is 1. The molecule has 4 aliphatic heterocycles. The van der Waals surface area contributed by atoms with Crippen LogP contribution < -0.4 is 81.0 Å². The number of aliphatic carboxylic acids is 1. The largest absolute Gasteiger partial charge is 0.481 e. The second-order valence-corrected chi connectivity index (χ2v) is 25.8. The molecule has 1 aromatic carbocycles. The minimum Gasteiger partial charge on any atom is -0.481 e. The lowest BCUT2D eigenvalue weighted by molar-refractivity contribution is -0.143. The predicted octanol–water partition coefficient (Wildman–Crippen LogP) is -7.25. The van der Waals surface area contributed by atoms with E-state index in [1.54, 1.807) is 37.3 Å². The van der Waals surface area contributed by atoms with Crippen LogP contribution in [0.1, 0.15) is 96.0 Å². The van der Waals surface area contributed by atoms with Gasteiger partial charge in [-0.15, -0.1) is 0 Å². The minimum absolute atomic E-state index is 0.00692. The fraction of sp³-hybridized carbons (Fsp3) is 0.645. The van der Waals surface area contributed by atoms with Crippen molar-refractivity contribution in [3.05, 3.63) is 35.9 Å². The summed E-state index contributed by atoms with van der Waals surface area (Å²) in [5.41, 5.74) is 16.8. The number of thioether (sulfide) groups is 1. The molecular weight excluding hydrogens is 1350 g/mol. The Hall–Kier alpha value is -9.47. The van der Waals surface area contributed by atoms with E-state index in [0.717, 1.165) is 25.0 Å². The van der Waals surface area contributed by atoms with Crippen LogP contribution >= 0.6 is 11.8 Å². The summed E-state index contributed by atoms with van der Waals surface area (Å²) in [6, 6.07) is -2.27. The predicted molar refractivity (Wildman–Crippen MR) is 358 cm³/mol. The van der Waals surface area contributed by atoms with Crippen LogP contribution in [-0.2, 0) is 87.8 Å². The Morgan fingerprint density at radius 1 is 0.624 bits per heavy atom. The number of ether oxygens (including phenoxy) is 3. The van der Waals surface area contributed by atoms with E-state index in [0.29, 0.717) is 62.4 Å². The summed E-state index contributed by atoms with van der Waals surface area (Å²) in [5, 5.41) is 57.2. The molecule has 4 fully saturated rings. The Balaban J connectivity index is 1.02. The lowest BCUT2D eigenvalue weighted by atomic mass is 10.0. The van der Waals surface area contributed by atoms with Crippen molar-refractivity contribution in [2.75, 3.05) is 91.3 Å². The molecule has 38 nitrogen and oxygen atoms in total. The van der Waals surface area contributed by atoms with Gasteiger partial charge in [-0.1, -0.05) is 36.8 Å². The summed E-state index contributed by atoms with van der Waals surface area (Å²) < 4.78 is 16.5. The van der Waals surface area contributed by atoms with E-state index in [4.69, 9.17) is 36.8 Å². The standard InChI is InChI=1S/C62H96N18O20S/c1-35(10-7-17-68-61(65)66)71-58(94)44-14-9-20-80(44)60(96)40(26-36-11-3-2-4-12-36)75-56(92)37(27-46(63)82)72-49(85)30-69-54(90)39(29-52(88)89)73-50(86)31-70-55(91)41(32-81)76-57(93)38(28-47(64)83)74-59(95)43-13-8-19-79(43)51(87)33-100-25-24-99-23-22-98-21-18-67-48(84)16-6-5-15-45-53-42(34-101-45)77-62(97)78-53/h2-4,11-12,35,37-45,53,81H,5-10,13-34H2,1H3,(H2,63,82)(H2,64,83)(H,67,84)(H,69,90)(H,70,91)(H,71,94)(H,72,85)(H,73,86)(H,74,95)(H,75,92)(H,76,93)(H,88,89)(H4,65,66,68)(H2,77,78,97)/t35-,37+,38+,39+,40+,41+,42-,43+,44+,45-,53-/m1/s1. The SMILES string of the molecule is C[C@H](CCCNC(=N)N)NC(=O)[C@@H]1CCCN1C(=O)[C@H](Cc1ccccc1)NC(=O)[C@H](CC(N)=O)NC(=O)CNC(=O)[C@H](CC(=O)O)NC(=O)CNC(=O)[C@H](CO)NC(=O)[C@H](CC(N)=O)NC(=O)[C@@H]1CCCN1C(=O)COCCOCCOCCNC(=O)CCCC[C@H]1SC[C@H]2NC(=O)N[C@H]21. The van der Waals surface area contributed by atoms with Crippen LogP contribution in [0.15, 0.2) is 30.3 Å². The number of aliphatic hydroxyl groups is 1. The molecule has 0 spiro atoms. The molecule has 39 heteroatoms. The topological polar surface area (TPSA) is 577 Å². The number of primary amides is 2. The molecule has 101 heavy (non-hydrogen) atoms. The number of amides is 15. The first-order valence-corrected chi connectivity index (χ1v) is 34.4. The van der Waals surface area contributed by atoms with Gasteiger partial charge in [0.05, 0.1) is 84.1 Å². The van der Waals surface area contributed by atoms with E-state index in [1.165, 1.54) is 9.80 Å². The van der Waals surface area contributed by atoms with Crippen LogP contribution in [0.4, 0.5) is 4.79 Å². The van der Waals surface area contributed by atoms with Gasteiger partial charge in [-0.3, -0.25) is 72.5 Å². The van der Waals surface area contributed by atoms with Crippen molar-refractivity contribution in [1.82, 2.24) is 73.6 Å². The summed E-state index contributed by atoms with van der Waals surface area (Å²) in [4.78, 5) is 197. The number of guanidine groups is 1. The number of nitrogens with two attached hydrogens (primary N) is 3. The van der Waals surface area contributed by atoms with Gasteiger partial charge in [-0.25, -0.2) is 4.79 Å². The Morgan fingerprint density at radius 3 is 1.80 bits per heavy atom. The fourth-order valence-electron chi connectivity index (χ4n) is 11.5. The van der Waals surface area contributed by atoms with Crippen LogP contribution in [0.5, 0.6) is 0 Å². The van der Waals surface area contributed by atoms with Crippen LogP contribution in [0.25, 0.3) is 0 Å². The van der Waals surface area contributed by atoms with Gasteiger partial charge in [0.1, 0.15) is 48.9 Å². The molecule has 4 aliphatic rings. The first-order chi connectivity index (χ1) is 48.2. The molecule has 1 aromatic rings. The van der Waals surface area contributed by atoms with E-state index in [-0.39, 0.29) is 95.0 Å². The van der Waals surface area contributed by atoms with Crippen LogP contribution in [0.3, 0.4) is 0 Å². The number of likely N-dealkylation sites (tertiary alicyclic amines) is 2. The number of carbonyl (C=O) groups is 15. The zero-order chi connectivity index (χ0) is 74.0. The maximum atomic E-state index is 14.3. The smallest absolute Gasteiger partial charge is 0.315 e. The van der Waals surface area contributed by atoms with Crippen molar-refractivity contribution in [2.45, 2.75) is 162 Å². The summed E-state index contributed by atoms with van der Waals surface area (Å²) in [6.45, 7) is 0.0786. The highest BCUT2D eigenvalue weighted by molar-refractivity contribution is 8.00. The third kappa shape index (κ3) is 29.3. The zero-order valence-corrected chi connectivity index (χ0v) is 57.1. The number of carboxylic acid groups (broad SMARTS) is 1. The molecular formula is C62H96N18O20S. The molecule has 15 amide bonds. The van der Waals surface area contributed by atoms with Gasteiger partial charge < -0.3 is 115 Å². The highest BCUT2D eigenvalue weighted by Gasteiger charge is 2.44. The monoisotopic (exact) mass is 1440 g/mol. The lowest BCUT2D eigenvalue weighted by Crippen LogP contribution is -2.59. The average molecular weight is 1450 g/mol. The van der Waals surface area contributed by atoms with Gasteiger partial charge in [0, 0.05) is 56.1 Å². The van der Waals surface area contributed by atoms with Crippen LogP contribution in [-0.4, -0.2) is 272 Å². The summed E-state index contributed by atoms with van der Waals surface area (Å²) in [7, 11) is 0. The Kier molecular flexibility index (Phi) is 35.2. The average Bonchev–Trinajstić information content (AvgIpc) is 1.72. The van der Waals surface area contributed by atoms with E-state index in [2.05, 4.69) is 63.8 Å². The molecule has 560 valence electrons. The highest BCUT2D eigenvalue weighted by Crippen LogP contribution is 2.33. The van der Waals surface area contributed by atoms with Crippen molar-refractivity contribution in [2.24, 2.45) is 17.2 Å². The Bertz CT molecular complexity index is 3070. The third-order valence-electron chi connectivity index (χ3n) is 16.5. The maximum absolute atomic E-state index is 14.3. The number of hydrogen-bond donors (Lipinski definition) is 18. The molecule has 21 N–H and O–H groups in total. The summed E-state index contributed by atoms with van der Waals surface area (Å²) >= 11 is 1.83. The van der Waals surface area contributed by atoms with Gasteiger partial charge in [-0.2, -0.15) is 11.8 Å². The Morgan fingerprint density at radius 2 is 1.19 bits per heavy atom. The van der Waals surface area contributed by atoms with Gasteiger partial charge in [0.15, 0.2) is 5.96 Å². The summed E-state index contributed by atoms with van der Waals surface area (Å²) in [5.74, 6) is -12.7. The number of nitrogens with zero attached hydrogens (tertiary/aromatic N) is 2. The number of carboxylic acids is 1.